The maximum Gasteiger partial charge on any atom is 0.306 e. The maximum absolute atomic E-state index is 10.7. The Balaban J connectivity index is 2.34. The second-order valence-corrected chi connectivity index (χ2v) is 4.22. The van der Waals surface area contributed by atoms with Crippen molar-refractivity contribution in [3.8, 4) is 11.5 Å². The summed E-state index contributed by atoms with van der Waals surface area (Å²) in [6.07, 6.45) is 0. The first kappa shape index (κ1) is 12.7. The minimum absolute atomic E-state index is 0.0570. The monoisotopic (exact) mass is 283 g/mol. The number of nitrogens with zero attached hydrogens (tertiary/aromatic N) is 1. The van der Waals surface area contributed by atoms with Crippen molar-refractivity contribution in [1.29, 1.82) is 0 Å². The van der Waals surface area contributed by atoms with E-state index in [0.717, 1.165) is 0 Å². The van der Waals surface area contributed by atoms with Gasteiger partial charge in [-0.25, -0.2) is 0 Å². The highest BCUT2D eigenvalue weighted by Gasteiger charge is 2.19. The molecule has 0 N–H and O–H groups in total. The molecule has 0 heterocycles. The number of rotatable bonds is 3. The van der Waals surface area contributed by atoms with Crippen LogP contribution in [0.5, 0.6) is 11.5 Å². The molecule has 0 spiro atoms. The lowest BCUT2D eigenvalue weighted by Crippen LogP contribution is -1.92. The fraction of sp³-hybridized carbons (Fsp3) is 0. The highest BCUT2D eigenvalue weighted by atomic mass is 35.5. The van der Waals surface area contributed by atoms with Crippen LogP contribution in [0.4, 0.5) is 5.69 Å². The SMILES string of the molecule is O=[N+]([O-])c1c(Cl)cc(Oc2ccccc2)cc1Cl. The van der Waals surface area contributed by atoms with Crippen molar-refractivity contribution < 1.29 is 9.66 Å². The van der Waals surface area contributed by atoms with Gasteiger partial charge < -0.3 is 4.74 Å². The van der Waals surface area contributed by atoms with Gasteiger partial charge in [0, 0.05) is 12.1 Å². The highest BCUT2D eigenvalue weighted by molar-refractivity contribution is 6.38. The van der Waals surface area contributed by atoms with E-state index in [1.807, 2.05) is 18.2 Å². The van der Waals surface area contributed by atoms with Gasteiger partial charge in [-0.15, -0.1) is 0 Å². The molecule has 0 atom stereocenters. The molecule has 0 fully saturated rings. The first-order chi connectivity index (χ1) is 8.58. The lowest BCUT2D eigenvalue weighted by Gasteiger charge is -2.06. The lowest BCUT2D eigenvalue weighted by molar-refractivity contribution is -0.384. The Kier molecular flexibility index (Phi) is 3.69. The van der Waals surface area contributed by atoms with E-state index in [1.165, 1.54) is 12.1 Å². The molecule has 0 aliphatic rings. The molecule has 0 amide bonds. The Morgan fingerprint density at radius 3 is 2.06 bits per heavy atom. The van der Waals surface area contributed by atoms with Gasteiger partial charge >= 0.3 is 5.69 Å². The van der Waals surface area contributed by atoms with Crippen LogP contribution in [0.15, 0.2) is 42.5 Å². The van der Waals surface area contributed by atoms with Crippen molar-refractivity contribution in [3.63, 3.8) is 0 Å². The molecule has 0 unspecified atom stereocenters. The molecule has 0 aliphatic heterocycles. The molecule has 6 heteroatoms. The number of halogens is 2. The standard InChI is InChI=1S/C12H7Cl2NO3/c13-10-6-9(7-11(14)12(10)15(16)17)18-8-4-2-1-3-5-8/h1-7H. The fourth-order valence-corrected chi connectivity index (χ4v) is 2.01. The minimum Gasteiger partial charge on any atom is -0.457 e. The number of ether oxygens (including phenoxy) is 1. The normalized spacial score (nSPS) is 10.1. The summed E-state index contributed by atoms with van der Waals surface area (Å²) >= 11 is 11.6. The van der Waals surface area contributed by atoms with Gasteiger partial charge in [0.2, 0.25) is 0 Å². The predicted molar refractivity (Wildman–Crippen MR) is 69.6 cm³/mol. The fourth-order valence-electron chi connectivity index (χ4n) is 1.40. The van der Waals surface area contributed by atoms with Gasteiger partial charge in [0.1, 0.15) is 21.5 Å². The summed E-state index contributed by atoms with van der Waals surface area (Å²) in [6.45, 7) is 0. The van der Waals surface area contributed by atoms with Crippen LogP contribution in [-0.4, -0.2) is 4.92 Å². The molecule has 0 saturated heterocycles. The third-order valence-electron chi connectivity index (χ3n) is 2.15. The first-order valence-corrected chi connectivity index (χ1v) is 5.70. The van der Waals surface area contributed by atoms with Gasteiger partial charge in [0.15, 0.2) is 0 Å². The molecule has 92 valence electrons. The van der Waals surface area contributed by atoms with E-state index in [-0.39, 0.29) is 15.7 Å². The number of nitro groups is 1. The van der Waals surface area contributed by atoms with Gasteiger partial charge in [-0.05, 0) is 12.1 Å². The summed E-state index contributed by atoms with van der Waals surface area (Å²) in [5, 5.41) is 10.6. The summed E-state index contributed by atoms with van der Waals surface area (Å²) in [5.41, 5.74) is -0.321. The van der Waals surface area contributed by atoms with Crippen molar-refractivity contribution in [2.75, 3.05) is 0 Å². The molecule has 18 heavy (non-hydrogen) atoms. The van der Waals surface area contributed by atoms with Crippen molar-refractivity contribution in [3.05, 3.63) is 62.6 Å². The van der Waals surface area contributed by atoms with E-state index in [9.17, 15) is 10.1 Å². The van der Waals surface area contributed by atoms with Crippen LogP contribution in [0.25, 0.3) is 0 Å². The average Bonchev–Trinajstić information content (AvgIpc) is 2.28. The summed E-state index contributed by atoms with van der Waals surface area (Å²) in [6, 6.07) is 11.7. The summed E-state index contributed by atoms with van der Waals surface area (Å²) in [5.74, 6) is 0.945. The Hall–Kier alpha value is -1.78. The van der Waals surface area contributed by atoms with E-state index in [1.54, 1.807) is 12.1 Å². The van der Waals surface area contributed by atoms with Crippen LogP contribution in [0.3, 0.4) is 0 Å². The van der Waals surface area contributed by atoms with Crippen LogP contribution < -0.4 is 4.74 Å². The van der Waals surface area contributed by atoms with E-state index < -0.39 is 4.92 Å². The third kappa shape index (κ3) is 2.72. The Morgan fingerprint density at radius 2 is 1.56 bits per heavy atom. The molecule has 0 aromatic heterocycles. The Bertz CT molecular complexity index is 564. The largest absolute Gasteiger partial charge is 0.457 e. The molecule has 0 aliphatic carbocycles. The second-order valence-electron chi connectivity index (χ2n) is 3.41. The molecular weight excluding hydrogens is 277 g/mol. The predicted octanol–water partition coefficient (Wildman–Crippen LogP) is 4.69. The summed E-state index contributed by atoms with van der Waals surface area (Å²) in [4.78, 5) is 10.1. The van der Waals surface area contributed by atoms with Gasteiger partial charge in [-0.2, -0.15) is 0 Å². The van der Waals surface area contributed by atoms with E-state index in [2.05, 4.69) is 0 Å². The topological polar surface area (TPSA) is 52.4 Å². The quantitative estimate of drug-likeness (QED) is 0.606. The Morgan fingerprint density at radius 1 is 1.00 bits per heavy atom. The second kappa shape index (κ2) is 5.25. The maximum atomic E-state index is 10.7. The molecule has 4 nitrogen and oxygen atoms in total. The lowest BCUT2D eigenvalue weighted by atomic mass is 10.3. The van der Waals surface area contributed by atoms with Crippen molar-refractivity contribution in [1.82, 2.24) is 0 Å². The molecule has 2 rings (SSSR count). The average molecular weight is 284 g/mol. The summed E-state index contributed by atoms with van der Waals surface area (Å²) in [7, 11) is 0. The number of para-hydroxylation sites is 1. The van der Waals surface area contributed by atoms with Crippen LogP contribution in [-0.2, 0) is 0 Å². The molecule has 2 aromatic carbocycles. The third-order valence-corrected chi connectivity index (χ3v) is 2.73. The number of hydrogen-bond donors (Lipinski definition) is 0. The molecular formula is C12H7Cl2NO3. The number of nitro benzene ring substituents is 1. The first-order valence-electron chi connectivity index (χ1n) is 4.94. The van der Waals surface area contributed by atoms with Crippen LogP contribution in [0, 0.1) is 10.1 Å². The zero-order valence-corrected chi connectivity index (χ0v) is 10.5. The molecule has 2 aromatic rings. The van der Waals surface area contributed by atoms with E-state index in [4.69, 9.17) is 27.9 Å². The molecule has 0 radical (unpaired) electrons. The summed E-state index contributed by atoms with van der Waals surface area (Å²) < 4.78 is 5.48. The highest BCUT2D eigenvalue weighted by Crippen LogP contribution is 2.37. The smallest absolute Gasteiger partial charge is 0.306 e. The van der Waals surface area contributed by atoms with E-state index >= 15 is 0 Å². The van der Waals surface area contributed by atoms with Gasteiger partial charge in [-0.1, -0.05) is 41.4 Å². The van der Waals surface area contributed by atoms with Crippen LogP contribution >= 0.6 is 23.2 Å². The van der Waals surface area contributed by atoms with Gasteiger partial charge in [-0.3, -0.25) is 10.1 Å². The van der Waals surface area contributed by atoms with Crippen molar-refractivity contribution >= 4 is 28.9 Å². The number of benzene rings is 2. The molecule has 0 bridgehead atoms. The van der Waals surface area contributed by atoms with Gasteiger partial charge in [0.25, 0.3) is 0 Å². The van der Waals surface area contributed by atoms with E-state index in [0.29, 0.717) is 11.5 Å². The zero-order valence-electron chi connectivity index (χ0n) is 8.97. The zero-order chi connectivity index (χ0) is 13.1. The van der Waals surface area contributed by atoms with Crippen LogP contribution in [0.2, 0.25) is 10.0 Å². The molecule has 0 saturated carbocycles. The Labute approximate surface area is 113 Å². The van der Waals surface area contributed by atoms with Crippen molar-refractivity contribution in [2.24, 2.45) is 0 Å². The van der Waals surface area contributed by atoms with Crippen LogP contribution in [0.1, 0.15) is 0 Å². The van der Waals surface area contributed by atoms with Crippen molar-refractivity contribution in [2.45, 2.75) is 0 Å². The number of hydrogen-bond acceptors (Lipinski definition) is 3. The minimum atomic E-state index is -0.628. The van der Waals surface area contributed by atoms with Gasteiger partial charge in [0.05, 0.1) is 4.92 Å².